The van der Waals surface area contributed by atoms with Gasteiger partial charge in [-0.3, -0.25) is 4.79 Å². The summed E-state index contributed by atoms with van der Waals surface area (Å²) in [6.45, 7) is 5.05. The lowest BCUT2D eigenvalue weighted by molar-refractivity contribution is -0.188. The number of hydrogen-bond donors (Lipinski definition) is 1. The number of carbonyl (C=O) groups excluding carboxylic acids is 1. The van der Waals surface area contributed by atoms with Crippen molar-refractivity contribution >= 4 is 5.91 Å². The number of alkyl halides is 3. The van der Waals surface area contributed by atoms with Gasteiger partial charge in [-0.25, -0.2) is 0 Å². The van der Waals surface area contributed by atoms with Gasteiger partial charge < -0.3 is 10.2 Å². The number of piperidine rings is 1. The van der Waals surface area contributed by atoms with Gasteiger partial charge in [0.1, 0.15) is 0 Å². The van der Waals surface area contributed by atoms with Crippen molar-refractivity contribution in [3.63, 3.8) is 0 Å². The van der Waals surface area contributed by atoms with Crippen molar-refractivity contribution in [3.05, 3.63) is 0 Å². The Morgan fingerprint density at radius 1 is 1.42 bits per heavy atom. The SMILES string of the molecule is CC(C)NCCCC(=O)N1CCCC(C(F)(F)F)C1. The molecule has 1 heterocycles. The number of amides is 1. The third-order valence-corrected chi connectivity index (χ3v) is 3.36. The molecule has 3 nitrogen and oxygen atoms in total. The van der Waals surface area contributed by atoms with Crippen LogP contribution in [0.25, 0.3) is 0 Å². The maximum absolute atomic E-state index is 12.6. The molecule has 0 aliphatic carbocycles. The van der Waals surface area contributed by atoms with Gasteiger partial charge >= 0.3 is 6.18 Å². The highest BCUT2D eigenvalue weighted by atomic mass is 19.4. The van der Waals surface area contributed by atoms with Gasteiger partial charge in [0.15, 0.2) is 0 Å². The van der Waals surface area contributed by atoms with E-state index in [9.17, 15) is 18.0 Å². The van der Waals surface area contributed by atoms with E-state index in [1.165, 1.54) is 4.90 Å². The van der Waals surface area contributed by atoms with E-state index in [2.05, 4.69) is 5.32 Å². The maximum atomic E-state index is 12.6. The molecule has 19 heavy (non-hydrogen) atoms. The van der Waals surface area contributed by atoms with Crippen LogP contribution in [0.1, 0.15) is 39.5 Å². The summed E-state index contributed by atoms with van der Waals surface area (Å²) in [5, 5.41) is 3.19. The first-order valence-electron chi connectivity index (χ1n) is 6.88. The van der Waals surface area contributed by atoms with Crippen LogP contribution in [-0.4, -0.2) is 42.7 Å². The molecule has 1 N–H and O–H groups in total. The predicted molar refractivity (Wildman–Crippen MR) is 67.7 cm³/mol. The van der Waals surface area contributed by atoms with Crippen LogP contribution < -0.4 is 5.32 Å². The molecule has 1 rings (SSSR count). The van der Waals surface area contributed by atoms with Gasteiger partial charge in [-0.05, 0) is 25.8 Å². The Morgan fingerprint density at radius 3 is 2.68 bits per heavy atom. The second kappa shape index (κ2) is 7.12. The molecule has 0 aromatic heterocycles. The molecule has 1 unspecified atom stereocenters. The fraction of sp³-hybridized carbons (Fsp3) is 0.923. The van der Waals surface area contributed by atoms with Crippen molar-refractivity contribution in [1.82, 2.24) is 10.2 Å². The van der Waals surface area contributed by atoms with E-state index >= 15 is 0 Å². The summed E-state index contributed by atoms with van der Waals surface area (Å²) < 4.78 is 37.9. The molecular formula is C13H23F3N2O. The van der Waals surface area contributed by atoms with Crippen LogP contribution in [0.3, 0.4) is 0 Å². The van der Waals surface area contributed by atoms with Gasteiger partial charge in [-0.1, -0.05) is 13.8 Å². The molecule has 6 heteroatoms. The Morgan fingerprint density at radius 2 is 2.11 bits per heavy atom. The number of carbonyl (C=O) groups is 1. The number of rotatable bonds is 5. The zero-order valence-corrected chi connectivity index (χ0v) is 11.6. The Hall–Kier alpha value is -0.780. The minimum Gasteiger partial charge on any atom is -0.342 e. The van der Waals surface area contributed by atoms with Crippen molar-refractivity contribution in [2.75, 3.05) is 19.6 Å². The first kappa shape index (κ1) is 16.3. The van der Waals surface area contributed by atoms with Crippen molar-refractivity contribution in [1.29, 1.82) is 0 Å². The molecule has 1 aliphatic rings. The van der Waals surface area contributed by atoms with E-state index in [0.717, 1.165) is 6.54 Å². The molecular weight excluding hydrogens is 257 g/mol. The lowest BCUT2D eigenvalue weighted by Gasteiger charge is -2.33. The van der Waals surface area contributed by atoms with E-state index < -0.39 is 12.1 Å². The zero-order chi connectivity index (χ0) is 14.5. The number of nitrogens with zero attached hydrogens (tertiary/aromatic N) is 1. The largest absolute Gasteiger partial charge is 0.393 e. The summed E-state index contributed by atoms with van der Waals surface area (Å²) in [6, 6.07) is 0.361. The molecule has 0 aromatic carbocycles. The Kier molecular flexibility index (Phi) is 6.10. The van der Waals surface area contributed by atoms with Gasteiger partial charge in [0, 0.05) is 25.6 Å². The highest BCUT2D eigenvalue weighted by Gasteiger charge is 2.42. The van der Waals surface area contributed by atoms with Crippen LogP contribution in [0.15, 0.2) is 0 Å². The van der Waals surface area contributed by atoms with Crippen molar-refractivity contribution in [2.24, 2.45) is 5.92 Å². The molecule has 1 atom stereocenters. The predicted octanol–water partition coefficient (Wildman–Crippen LogP) is 2.57. The Bertz CT molecular complexity index is 292. The third-order valence-electron chi connectivity index (χ3n) is 3.36. The summed E-state index contributed by atoms with van der Waals surface area (Å²) in [7, 11) is 0. The standard InChI is InChI=1S/C13H23F3N2O/c1-10(2)17-7-3-6-12(19)18-8-4-5-11(9-18)13(14,15)16/h10-11,17H,3-9H2,1-2H3. The molecule has 112 valence electrons. The molecule has 0 aromatic rings. The van der Waals surface area contributed by atoms with Crippen molar-refractivity contribution < 1.29 is 18.0 Å². The molecule has 0 saturated carbocycles. The third kappa shape index (κ3) is 5.80. The molecule has 0 bridgehead atoms. The molecule has 1 amide bonds. The number of nitrogens with one attached hydrogen (secondary N) is 1. The Balaban J connectivity index is 2.32. The molecule has 0 radical (unpaired) electrons. The second-order valence-corrected chi connectivity index (χ2v) is 5.43. The molecule has 1 saturated heterocycles. The van der Waals surface area contributed by atoms with Crippen LogP contribution in [0.4, 0.5) is 13.2 Å². The van der Waals surface area contributed by atoms with Crippen LogP contribution in [0.2, 0.25) is 0 Å². The van der Waals surface area contributed by atoms with E-state index in [1.54, 1.807) is 0 Å². The smallest absolute Gasteiger partial charge is 0.342 e. The average molecular weight is 280 g/mol. The minimum absolute atomic E-state index is 0.141. The lowest BCUT2D eigenvalue weighted by atomic mass is 9.97. The van der Waals surface area contributed by atoms with Gasteiger partial charge in [0.2, 0.25) is 5.91 Å². The van der Waals surface area contributed by atoms with E-state index in [4.69, 9.17) is 0 Å². The van der Waals surface area contributed by atoms with Crippen LogP contribution in [0, 0.1) is 5.92 Å². The summed E-state index contributed by atoms with van der Waals surface area (Å²) in [5.41, 5.74) is 0. The first-order chi connectivity index (χ1) is 8.80. The van der Waals surface area contributed by atoms with Crippen LogP contribution in [0.5, 0.6) is 0 Å². The second-order valence-electron chi connectivity index (χ2n) is 5.43. The summed E-state index contributed by atoms with van der Waals surface area (Å²) >= 11 is 0. The quantitative estimate of drug-likeness (QED) is 0.785. The van der Waals surface area contributed by atoms with E-state index in [-0.39, 0.29) is 18.9 Å². The number of likely N-dealkylation sites (tertiary alicyclic amines) is 1. The topological polar surface area (TPSA) is 32.3 Å². The van der Waals surface area contributed by atoms with Crippen LogP contribution >= 0.6 is 0 Å². The minimum atomic E-state index is -4.18. The van der Waals surface area contributed by atoms with Gasteiger partial charge in [0.05, 0.1) is 5.92 Å². The highest BCUT2D eigenvalue weighted by molar-refractivity contribution is 5.76. The molecule has 1 fully saturated rings. The fourth-order valence-corrected chi connectivity index (χ4v) is 2.26. The normalized spacial score (nSPS) is 20.9. The summed E-state index contributed by atoms with van der Waals surface area (Å²) in [6.07, 6.45) is -2.60. The van der Waals surface area contributed by atoms with E-state index in [0.29, 0.717) is 31.8 Å². The molecule has 1 aliphatic heterocycles. The van der Waals surface area contributed by atoms with Crippen LogP contribution in [-0.2, 0) is 4.79 Å². The van der Waals surface area contributed by atoms with Gasteiger partial charge in [-0.15, -0.1) is 0 Å². The van der Waals surface area contributed by atoms with Gasteiger partial charge in [0.25, 0.3) is 0 Å². The fourth-order valence-electron chi connectivity index (χ4n) is 2.26. The monoisotopic (exact) mass is 280 g/mol. The van der Waals surface area contributed by atoms with Crippen molar-refractivity contribution in [2.45, 2.75) is 51.7 Å². The highest BCUT2D eigenvalue weighted by Crippen LogP contribution is 2.33. The van der Waals surface area contributed by atoms with E-state index in [1.807, 2.05) is 13.8 Å². The molecule has 0 spiro atoms. The lowest BCUT2D eigenvalue weighted by Crippen LogP contribution is -2.44. The summed E-state index contributed by atoms with van der Waals surface area (Å²) in [5.74, 6) is -1.50. The number of halogens is 3. The zero-order valence-electron chi connectivity index (χ0n) is 11.6. The van der Waals surface area contributed by atoms with Gasteiger partial charge in [-0.2, -0.15) is 13.2 Å². The number of hydrogen-bond acceptors (Lipinski definition) is 2. The summed E-state index contributed by atoms with van der Waals surface area (Å²) in [4.78, 5) is 13.2. The van der Waals surface area contributed by atoms with Crippen molar-refractivity contribution in [3.8, 4) is 0 Å². The first-order valence-corrected chi connectivity index (χ1v) is 6.88. The average Bonchev–Trinajstić information content (AvgIpc) is 2.33. The Labute approximate surface area is 112 Å². The maximum Gasteiger partial charge on any atom is 0.393 e.